The van der Waals surface area contributed by atoms with Gasteiger partial charge in [-0.05, 0) is 45.2 Å². The highest BCUT2D eigenvalue weighted by Gasteiger charge is 2.25. The van der Waals surface area contributed by atoms with Crippen molar-refractivity contribution < 1.29 is 19.0 Å². The van der Waals surface area contributed by atoms with Gasteiger partial charge in [-0.1, -0.05) is 0 Å². The summed E-state index contributed by atoms with van der Waals surface area (Å²) in [6.45, 7) is 4.37. The fourth-order valence-corrected chi connectivity index (χ4v) is 2.71. The number of nitrogens with zero attached hydrogens (tertiary/aromatic N) is 1. The second-order valence-electron chi connectivity index (χ2n) is 5.31. The lowest BCUT2D eigenvalue weighted by Gasteiger charge is -2.31. The molecule has 2 aliphatic heterocycles. The monoisotopic (exact) mass is 271 g/mol. The van der Waals surface area contributed by atoms with Crippen molar-refractivity contribution in [3.05, 3.63) is 0 Å². The van der Waals surface area contributed by atoms with Crippen molar-refractivity contribution >= 4 is 5.97 Å². The molecule has 2 heterocycles. The lowest BCUT2D eigenvalue weighted by Crippen LogP contribution is -2.39. The highest BCUT2D eigenvalue weighted by molar-refractivity contribution is 5.72. The Balaban J connectivity index is 1.56. The number of piperidine rings is 1. The Morgan fingerprint density at radius 1 is 1.26 bits per heavy atom. The number of methoxy groups -OCH3 is 1. The van der Waals surface area contributed by atoms with Crippen LogP contribution >= 0.6 is 0 Å². The van der Waals surface area contributed by atoms with Gasteiger partial charge in [-0.3, -0.25) is 4.79 Å². The van der Waals surface area contributed by atoms with Crippen LogP contribution in [0.15, 0.2) is 0 Å². The van der Waals surface area contributed by atoms with Crippen molar-refractivity contribution in [1.29, 1.82) is 0 Å². The SMILES string of the molecule is COC(=O)C1CCN(CCOC2CCCCO2)CC1. The zero-order valence-corrected chi connectivity index (χ0v) is 11.8. The molecule has 0 aromatic heterocycles. The molecule has 0 N–H and O–H groups in total. The Bertz CT molecular complexity index is 271. The first-order valence-corrected chi connectivity index (χ1v) is 7.33. The van der Waals surface area contributed by atoms with Crippen molar-refractivity contribution in [1.82, 2.24) is 4.90 Å². The topological polar surface area (TPSA) is 48.0 Å². The molecule has 2 fully saturated rings. The molecular weight excluding hydrogens is 246 g/mol. The van der Waals surface area contributed by atoms with Gasteiger partial charge in [-0.15, -0.1) is 0 Å². The normalized spacial score (nSPS) is 26.3. The predicted molar refractivity (Wildman–Crippen MR) is 70.7 cm³/mol. The lowest BCUT2D eigenvalue weighted by molar-refractivity contribution is -0.164. The fourth-order valence-electron chi connectivity index (χ4n) is 2.71. The average Bonchev–Trinajstić information content (AvgIpc) is 2.48. The molecule has 0 spiro atoms. The number of hydrogen-bond acceptors (Lipinski definition) is 5. The van der Waals surface area contributed by atoms with Gasteiger partial charge in [0.05, 0.1) is 19.6 Å². The summed E-state index contributed by atoms with van der Waals surface area (Å²) < 4.78 is 16.0. The standard InChI is InChI=1S/C14H25NO4/c1-17-14(16)12-5-7-15(8-6-12)9-11-19-13-4-2-3-10-18-13/h12-13H,2-11H2,1H3. The minimum Gasteiger partial charge on any atom is -0.469 e. The predicted octanol–water partition coefficient (Wildman–Crippen LogP) is 1.41. The van der Waals surface area contributed by atoms with E-state index in [1.54, 1.807) is 0 Å². The maximum Gasteiger partial charge on any atom is 0.308 e. The van der Waals surface area contributed by atoms with E-state index in [1.165, 1.54) is 13.5 Å². The summed E-state index contributed by atoms with van der Waals surface area (Å²) in [5.74, 6) is 0.0235. The van der Waals surface area contributed by atoms with Crippen LogP contribution in [0.2, 0.25) is 0 Å². The third kappa shape index (κ3) is 4.75. The maximum atomic E-state index is 11.4. The smallest absolute Gasteiger partial charge is 0.308 e. The number of carbonyl (C=O) groups excluding carboxylic acids is 1. The van der Waals surface area contributed by atoms with Crippen LogP contribution in [0.4, 0.5) is 0 Å². The Morgan fingerprint density at radius 3 is 2.68 bits per heavy atom. The second kappa shape index (κ2) is 7.82. The summed E-state index contributed by atoms with van der Waals surface area (Å²) >= 11 is 0. The van der Waals surface area contributed by atoms with Crippen LogP contribution in [0.3, 0.4) is 0 Å². The molecule has 1 atom stereocenters. The van der Waals surface area contributed by atoms with E-state index in [2.05, 4.69) is 4.90 Å². The Hall–Kier alpha value is -0.650. The molecule has 5 nitrogen and oxygen atoms in total. The van der Waals surface area contributed by atoms with Crippen LogP contribution in [0.25, 0.3) is 0 Å². The van der Waals surface area contributed by atoms with Gasteiger partial charge in [0.25, 0.3) is 0 Å². The molecule has 0 aromatic carbocycles. The van der Waals surface area contributed by atoms with Gasteiger partial charge in [0.2, 0.25) is 0 Å². The Kier molecular flexibility index (Phi) is 6.07. The molecule has 0 radical (unpaired) electrons. The molecule has 0 aromatic rings. The van der Waals surface area contributed by atoms with Gasteiger partial charge in [0, 0.05) is 13.2 Å². The van der Waals surface area contributed by atoms with Gasteiger partial charge in [0.1, 0.15) is 0 Å². The molecule has 5 heteroatoms. The number of likely N-dealkylation sites (tertiary alicyclic amines) is 1. The van der Waals surface area contributed by atoms with E-state index in [9.17, 15) is 4.79 Å². The molecule has 110 valence electrons. The molecule has 1 unspecified atom stereocenters. The van der Waals surface area contributed by atoms with Gasteiger partial charge in [-0.25, -0.2) is 0 Å². The van der Waals surface area contributed by atoms with Crippen molar-refractivity contribution in [2.75, 3.05) is 40.0 Å². The van der Waals surface area contributed by atoms with Gasteiger partial charge in [-0.2, -0.15) is 0 Å². The summed E-state index contributed by atoms with van der Waals surface area (Å²) in [6.07, 6.45) is 5.17. The van der Waals surface area contributed by atoms with E-state index in [-0.39, 0.29) is 18.2 Å². The van der Waals surface area contributed by atoms with Crippen LogP contribution in [0.5, 0.6) is 0 Å². The number of rotatable bonds is 5. The molecule has 2 saturated heterocycles. The first kappa shape index (κ1) is 14.8. The van der Waals surface area contributed by atoms with Gasteiger partial charge >= 0.3 is 5.97 Å². The molecule has 19 heavy (non-hydrogen) atoms. The quantitative estimate of drug-likeness (QED) is 0.708. The van der Waals surface area contributed by atoms with Crippen molar-refractivity contribution in [2.24, 2.45) is 5.92 Å². The maximum absolute atomic E-state index is 11.4. The van der Waals surface area contributed by atoms with Gasteiger partial charge in [0.15, 0.2) is 6.29 Å². The highest BCUT2D eigenvalue weighted by Crippen LogP contribution is 2.18. The zero-order chi connectivity index (χ0) is 13.5. The fraction of sp³-hybridized carbons (Fsp3) is 0.929. The van der Waals surface area contributed by atoms with E-state index >= 15 is 0 Å². The van der Waals surface area contributed by atoms with Crippen LogP contribution in [0, 0.1) is 5.92 Å². The first-order valence-electron chi connectivity index (χ1n) is 7.33. The van der Waals surface area contributed by atoms with E-state index < -0.39 is 0 Å². The number of hydrogen-bond donors (Lipinski definition) is 0. The largest absolute Gasteiger partial charge is 0.469 e. The summed E-state index contributed by atoms with van der Waals surface area (Å²) in [6, 6.07) is 0. The lowest BCUT2D eigenvalue weighted by atomic mass is 9.97. The molecule has 2 rings (SSSR count). The molecular formula is C14H25NO4. The number of carbonyl (C=O) groups is 1. The second-order valence-corrected chi connectivity index (χ2v) is 5.31. The average molecular weight is 271 g/mol. The summed E-state index contributed by atoms with van der Waals surface area (Å²) in [5, 5.41) is 0. The van der Waals surface area contributed by atoms with E-state index in [4.69, 9.17) is 14.2 Å². The summed E-state index contributed by atoms with van der Waals surface area (Å²) in [7, 11) is 1.47. The number of esters is 1. The van der Waals surface area contributed by atoms with Crippen LogP contribution in [0.1, 0.15) is 32.1 Å². The minimum atomic E-state index is -0.0634. The van der Waals surface area contributed by atoms with Crippen molar-refractivity contribution in [3.8, 4) is 0 Å². The zero-order valence-electron chi connectivity index (χ0n) is 11.8. The molecule has 0 amide bonds. The Morgan fingerprint density at radius 2 is 2.05 bits per heavy atom. The third-order valence-corrected chi connectivity index (χ3v) is 3.97. The van der Waals surface area contributed by atoms with Crippen LogP contribution in [-0.2, 0) is 19.0 Å². The molecule has 2 aliphatic rings. The Labute approximate surface area is 115 Å². The molecule has 0 saturated carbocycles. The molecule has 0 bridgehead atoms. The van der Waals surface area contributed by atoms with Crippen molar-refractivity contribution in [2.45, 2.75) is 38.4 Å². The van der Waals surface area contributed by atoms with E-state index in [0.717, 1.165) is 51.9 Å². The summed E-state index contributed by atoms with van der Waals surface area (Å²) in [5.41, 5.74) is 0. The minimum absolute atomic E-state index is 0.00126. The number of ether oxygens (including phenoxy) is 3. The summed E-state index contributed by atoms with van der Waals surface area (Å²) in [4.78, 5) is 13.8. The highest BCUT2D eigenvalue weighted by atomic mass is 16.7. The first-order chi connectivity index (χ1) is 9.29. The van der Waals surface area contributed by atoms with Gasteiger partial charge < -0.3 is 19.1 Å². The van der Waals surface area contributed by atoms with E-state index in [1.807, 2.05) is 0 Å². The molecule has 0 aliphatic carbocycles. The third-order valence-electron chi connectivity index (χ3n) is 3.97. The van der Waals surface area contributed by atoms with E-state index in [0.29, 0.717) is 6.61 Å². The van der Waals surface area contributed by atoms with Crippen LogP contribution < -0.4 is 0 Å². The van der Waals surface area contributed by atoms with Crippen molar-refractivity contribution in [3.63, 3.8) is 0 Å². The van der Waals surface area contributed by atoms with Crippen LogP contribution in [-0.4, -0.2) is 57.1 Å².